The second-order valence-electron chi connectivity index (χ2n) is 5.99. The van der Waals surface area contributed by atoms with Gasteiger partial charge in [0.1, 0.15) is 5.76 Å². The smallest absolute Gasteiger partial charge is 0.197 e. The second-order valence-corrected chi connectivity index (χ2v) is 5.99. The van der Waals surface area contributed by atoms with E-state index in [0.717, 1.165) is 18.1 Å². The molecule has 0 bridgehead atoms. The molecule has 1 N–H and O–H groups in total. The first-order valence-electron chi connectivity index (χ1n) is 7.63. The van der Waals surface area contributed by atoms with Crippen LogP contribution in [0.5, 0.6) is 0 Å². The molecule has 110 valence electrons. The third-order valence-corrected chi connectivity index (χ3v) is 4.46. The maximum Gasteiger partial charge on any atom is 0.197 e. The summed E-state index contributed by atoms with van der Waals surface area (Å²) in [6, 6.07) is 8.80. The Morgan fingerprint density at radius 3 is 3.00 bits per heavy atom. The lowest BCUT2D eigenvalue weighted by molar-refractivity contribution is 0.0771. The van der Waals surface area contributed by atoms with Crippen LogP contribution in [0.2, 0.25) is 0 Å². The van der Waals surface area contributed by atoms with Crippen molar-refractivity contribution in [2.75, 3.05) is 7.11 Å². The Kier molecular flexibility index (Phi) is 3.28. The van der Waals surface area contributed by atoms with E-state index in [-0.39, 0.29) is 6.10 Å². The van der Waals surface area contributed by atoms with Crippen molar-refractivity contribution in [1.29, 1.82) is 0 Å². The molecule has 0 aliphatic heterocycles. The molecule has 0 unspecified atom stereocenters. The Morgan fingerprint density at radius 1 is 1.33 bits per heavy atom. The molecule has 2 aliphatic rings. The summed E-state index contributed by atoms with van der Waals surface area (Å²) >= 11 is 0. The molecule has 1 saturated carbocycles. The van der Waals surface area contributed by atoms with E-state index in [2.05, 4.69) is 34.6 Å². The summed E-state index contributed by atoms with van der Waals surface area (Å²) in [5.41, 5.74) is 2.67. The van der Waals surface area contributed by atoms with Crippen molar-refractivity contribution in [3.8, 4) is 0 Å². The lowest BCUT2D eigenvalue weighted by Crippen LogP contribution is -2.33. The van der Waals surface area contributed by atoms with Crippen molar-refractivity contribution < 1.29 is 9.15 Å². The molecule has 1 aromatic carbocycles. The quantitative estimate of drug-likeness (QED) is 0.917. The number of aromatic nitrogens is 1. The number of methoxy groups -OCH3 is 1. The van der Waals surface area contributed by atoms with Crippen molar-refractivity contribution in [1.82, 2.24) is 10.3 Å². The Labute approximate surface area is 124 Å². The van der Waals surface area contributed by atoms with Crippen LogP contribution >= 0.6 is 0 Å². The molecule has 1 fully saturated rings. The zero-order valence-corrected chi connectivity index (χ0v) is 12.2. The van der Waals surface area contributed by atoms with E-state index in [0.29, 0.717) is 18.5 Å². The average Bonchev–Trinajstić information content (AvgIpc) is 3.14. The van der Waals surface area contributed by atoms with Crippen LogP contribution in [0.3, 0.4) is 0 Å². The van der Waals surface area contributed by atoms with Crippen molar-refractivity contribution in [2.24, 2.45) is 0 Å². The molecule has 0 amide bonds. The molecule has 0 radical (unpaired) electrons. The molecule has 4 nitrogen and oxygen atoms in total. The molecule has 2 atom stereocenters. The van der Waals surface area contributed by atoms with Gasteiger partial charge in [-0.1, -0.05) is 24.3 Å². The van der Waals surface area contributed by atoms with Gasteiger partial charge >= 0.3 is 0 Å². The number of hydrogen-bond acceptors (Lipinski definition) is 4. The molecule has 2 aliphatic carbocycles. The summed E-state index contributed by atoms with van der Waals surface area (Å²) in [5.74, 6) is 2.40. The lowest BCUT2D eigenvalue weighted by atomic mass is 10.1. The van der Waals surface area contributed by atoms with Crippen LogP contribution in [-0.4, -0.2) is 18.1 Å². The maximum atomic E-state index is 5.80. The molecular weight excluding hydrogens is 264 g/mol. The van der Waals surface area contributed by atoms with E-state index in [4.69, 9.17) is 9.15 Å². The Hall–Kier alpha value is -1.65. The summed E-state index contributed by atoms with van der Waals surface area (Å²) in [7, 11) is 1.78. The fraction of sp³-hybridized carbons (Fsp3) is 0.471. The first kappa shape index (κ1) is 13.0. The van der Waals surface area contributed by atoms with Crippen LogP contribution in [0, 0.1) is 0 Å². The maximum absolute atomic E-state index is 5.80. The number of hydrogen-bond donors (Lipinski definition) is 1. The van der Waals surface area contributed by atoms with E-state index < -0.39 is 0 Å². The molecule has 0 spiro atoms. The molecule has 1 heterocycles. The molecule has 4 rings (SSSR count). The third-order valence-electron chi connectivity index (χ3n) is 4.46. The number of oxazole rings is 1. The van der Waals surface area contributed by atoms with E-state index in [1.807, 2.05) is 6.20 Å². The molecule has 1 aromatic heterocycles. The number of fused-ring (bicyclic) bond motifs is 1. The van der Waals surface area contributed by atoms with Gasteiger partial charge in [-0.15, -0.1) is 0 Å². The highest BCUT2D eigenvalue weighted by molar-refractivity contribution is 5.36. The lowest BCUT2D eigenvalue weighted by Gasteiger charge is -2.19. The normalized spacial score (nSPS) is 24.2. The van der Waals surface area contributed by atoms with Crippen molar-refractivity contribution in [2.45, 2.75) is 43.9 Å². The van der Waals surface area contributed by atoms with Crippen LogP contribution in [-0.2, 0) is 17.7 Å². The van der Waals surface area contributed by atoms with Gasteiger partial charge in [0, 0.05) is 19.1 Å². The van der Waals surface area contributed by atoms with Crippen LogP contribution in [0.15, 0.2) is 34.9 Å². The average molecular weight is 284 g/mol. The van der Waals surface area contributed by atoms with Gasteiger partial charge in [0.15, 0.2) is 5.89 Å². The standard InChI is InChI=1S/C17H20N2O2/c1-20-16-14-5-3-2-4-12(14)8-15(16)18-9-13-10-19-17(21-13)11-6-7-11/h2-5,10-11,15-16,18H,6-9H2,1H3/t15-,16+/m1/s1. The van der Waals surface area contributed by atoms with E-state index in [1.165, 1.54) is 24.0 Å². The van der Waals surface area contributed by atoms with E-state index >= 15 is 0 Å². The fourth-order valence-corrected chi connectivity index (χ4v) is 3.18. The Balaban J connectivity index is 1.42. The summed E-state index contributed by atoms with van der Waals surface area (Å²) in [5, 5.41) is 3.56. The first-order valence-corrected chi connectivity index (χ1v) is 7.63. The third kappa shape index (κ3) is 2.49. The van der Waals surface area contributed by atoms with Crippen LogP contribution < -0.4 is 5.32 Å². The van der Waals surface area contributed by atoms with Gasteiger partial charge in [0.2, 0.25) is 0 Å². The predicted octanol–water partition coefficient (Wildman–Crippen LogP) is 2.95. The molecular formula is C17H20N2O2. The Morgan fingerprint density at radius 2 is 2.19 bits per heavy atom. The van der Waals surface area contributed by atoms with Gasteiger partial charge in [-0.3, -0.25) is 0 Å². The first-order chi connectivity index (χ1) is 10.3. The Bertz CT molecular complexity index is 633. The van der Waals surface area contributed by atoms with E-state index in [1.54, 1.807) is 7.11 Å². The number of ether oxygens (including phenoxy) is 1. The van der Waals surface area contributed by atoms with Gasteiger partial charge in [0.05, 0.1) is 18.8 Å². The SMILES string of the molecule is CO[C@H]1c2ccccc2C[C@H]1NCc1cnc(C2CC2)o1. The van der Waals surface area contributed by atoms with Crippen LogP contribution in [0.1, 0.15) is 47.6 Å². The minimum Gasteiger partial charge on any atom is -0.444 e. The van der Waals surface area contributed by atoms with E-state index in [9.17, 15) is 0 Å². The summed E-state index contributed by atoms with van der Waals surface area (Å²) in [6.07, 6.45) is 5.41. The largest absolute Gasteiger partial charge is 0.444 e. The highest BCUT2D eigenvalue weighted by Gasteiger charge is 2.32. The molecule has 21 heavy (non-hydrogen) atoms. The molecule has 4 heteroatoms. The minimum absolute atomic E-state index is 0.118. The topological polar surface area (TPSA) is 47.3 Å². The summed E-state index contributed by atoms with van der Waals surface area (Å²) in [6.45, 7) is 0.707. The van der Waals surface area contributed by atoms with Gasteiger partial charge in [-0.05, 0) is 30.4 Å². The van der Waals surface area contributed by atoms with Crippen molar-refractivity contribution >= 4 is 0 Å². The summed E-state index contributed by atoms with van der Waals surface area (Å²) < 4.78 is 11.5. The zero-order chi connectivity index (χ0) is 14.2. The zero-order valence-electron chi connectivity index (χ0n) is 12.2. The monoisotopic (exact) mass is 284 g/mol. The highest BCUT2D eigenvalue weighted by atomic mass is 16.5. The summed E-state index contributed by atoms with van der Waals surface area (Å²) in [4.78, 5) is 4.36. The predicted molar refractivity (Wildman–Crippen MR) is 79.0 cm³/mol. The number of rotatable bonds is 5. The van der Waals surface area contributed by atoms with Crippen molar-refractivity contribution in [3.05, 3.63) is 53.2 Å². The second kappa shape index (κ2) is 5.28. The minimum atomic E-state index is 0.118. The van der Waals surface area contributed by atoms with Gasteiger partial charge in [-0.25, -0.2) is 4.98 Å². The molecule has 0 saturated heterocycles. The van der Waals surface area contributed by atoms with Crippen LogP contribution in [0.4, 0.5) is 0 Å². The molecule has 2 aromatic rings. The van der Waals surface area contributed by atoms with Gasteiger partial charge in [-0.2, -0.15) is 0 Å². The number of benzene rings is 1. The van der Waals surface area contributed by atoms with Crippen molar-refractivity contribution in [3.63, 3.8) is 0 Å². The van der Waals surface area contributed by atoms with Gasteiger partial charge < -0.3 is 14.5 Å². The highest BCUT2D eigenvalue weighted by Crippen LogP contribution is 2.39. The van der Waals surface area contributed by atoms with Crippen LogP contribution in [0.25, 0.3) is 0 Å². The number of nitrogens with one attached hydrogen (secondary N) is 1. The number of nitrogens with zero attached hydrogens (tertiary/aromatic N) is 1. The van der Waals surface area contributed by atoms with Gasteiger partial charge in [0.25, 0.3) is 0 Å². The fourth-order valence-electron chi connectivity index (χ4n) is 3.18.